The SMILES string of the molecule is CCCC/C=C\C/C=C\CCCCCCCC(=O)OCC(COC(=O)CCCCCCCCC/C=C\C/C=C\CCCCCC)OC(=O)CCCCCCC/C=C\C/C=C\CCCCC. The summed E-state index contributed by atoms with van der Waals surface area (Å²) in [5, 5.41) is 0. The Balaban J connectivity index is 4.43. The van der Waals surface area contributed by atoms with Gasteiger partial charge in [0.05, 0.1) is 0 Å². The van der Waals surface area contributed by atoms with Crippen molar-refractivity contribution in [1.29, 1.82) is 0 Å². The highest BCUT2D eigenvalue weighted by atomic mass is 16.6. The third-order valence-corrected chi connectivity index (χ3v) is 11.7. The molecule has 0 saturated carbocycles. The Morgan fingerprint density at radius 3 is 0.923 bits per heavy atom. The van der Waals surface area contributed by atoms with Crippen molar-refractivity contribution in [3.05, 3.63) is 72.9 Å². The number of carbonyl (C=O) groups excluding carboxylic acids is 3. The van der Waals surface area contributed by atoms with Crippen LogP contribution in [0.4, 0.5) is 0 Å². The molecular weight excluding hydrogens is 805 g/mol. The molecule has 0 aliphatic rings. The van der Waals surface area contributed by atoms with Gasteiger partial charge in [-0.1, -0.05) is 209 Å². The Labute approximate surface area is 402 Å². The number of hydrogen-bond acceptors (Lipinski definition) is 6. The number of rotatable bonds is 49. The van der Waals surface area contributed by atoms with E-state index in [9.17, 15) is 14.4 Å². The molecule has 1 atom stereocenters. The van der Waals surface area contributed by atoms with Crippen molar-refractivity contribution in [3.8, 4) is 0 Å². The molecule has 0 heterocycles. The molecule has 0 bridgehead atoms. The summed E-state index contributed by atoms with van der Waals surface area (Å²) in [5.41, 5.74) is 0. The Bertz CT molecular complexity index is 1230. The summed E-state index contributed by atoms with van der Waals surface area (Å²) in [6.07, 6.45) is 67.3. The summed E-state index contributed by atoms with van der Waals surface area (Å²) in [5.74, 6) is -0.921. The largest absolute Gasteiger partial charge is 0.462 e. The van der Waals surface area contributed by atoms with Crippen LogP contribution in [0.25, 0.3) is 0 Å². The van der Waals surface area contributed by atoms with E-state index in [0.29, 0.717) is 19.3 Å². The molecule has 0 rings (SSSR count). The lowest BCUT2D eigenvalue weighted by Gasteiger charge is -2.18. The van der Waals surface area contributed by atoms with Gasteiger partial charge in [0.15, 0.2) is 6.10 Å². The highest BCUT2D eigenvalue weighted by molar-refractivity contribution is 5.71. The maximum Gasteiger partial charge on any atom is 0.306 e. The topological polar surface area (TPSA) is 78.9 Å². The minimum absolute atomic E-state index is 0.0899. The van der Waals surface area contributed by atoms with Crippen molar-refractivity contribution in [2.45, 2.75) is 271 Å². The first-order chi connectivity index (χ1) is 32.0. The standard InChI is InChI=1S/C59H102O6/c1-4-7-10-13-16-19-22-25-28-29-30-32-34-37-40-43-46-49-52-58(61)64-55-56(54-63-57(60)51-48-45-42-39-36-33-27-24-21-18-15-12-9-6-3)65-59(62)53-50-47-44-41-38-35-31-26-23-20-17-14-11-8-5-2/h15,17-20,22,24,26-29,31,56H,4-14,16,21,23,25,30,32-55H2,1-3H3/b18-15-,20-17-,22-19-,27-24-,29-28-,31-26-. The van der Waals surface area contributed by atoms with Crippen LogP contribution in [-0.2, 0) is 28.6 Å². The summed E-state index contributed by atoms with van der Waals surface area (Å²) >= 11 is 0. The van der Waals surface area contributed by atoms with E-state index in [1.165, 1.54) is 103 Å². The van der Waals surface area contributed by atoms with Crippen molar-refractivity contribution in [2.24, 2.45) is 0 Å². The molecule has 0 aliphatic heterocycles. The van der Waals surface area contributed by atoms with E-state index in [2.05, 4.69) is 93.7 Å². The van der Waals surface area contributed by atoms with E-state index in [-0.39, 0.29) is 31.1 Å². The molecule has 0 aromatic rings. The maximum atomic E-state index is 12.8. The minimum Gasteiger partial charge on any atom is -0.462 e. The van der Waals surface area contributed by atoms with Gasteiger partial charge in [-0.3, -0.25) is 14.4 Å². The van der Waals surface area contributed by atoms with Crippen LogP contribution >= 0.6 is 0 Å². The number of hydrogen-bond donors (Lipinski definition) is 0. The van der Waals surface area contributed by atoms with Gasteiger partial charge >= 0.3 is 17.9 Å². The molecule has 374 valence electrons. The second-order valence-electron chi connectivity index (χ2n) is 18.1. The zero-order valence-corrected chi connectivity index (χ0v) is 42.7. The molecule has 6 nitrogen and oxygen atoms in total. The highest BCUT2D eigenvalue weighted by Crippen LogP contribution is 2.14. The summed E-state index contributed by atoms with van der Waals surface area (Å²) in [7, 11) is 0. The van der Waals surface area contributed by atoms with Crippen LogP contribution in [0.15, 0.2) is 72.9 Å². The van der Waals surface area contributed by atoms with Crippen LogP contribution in [0.1, 0.15) is 265 Å². The average Bonchev–Trinajstić information content (AvgIpc) is 3.30. The van der Waals surface area contributed by atoms with Crippen molar-refractivity contribution < 1.29 is 28.6 Å². The second-order valence-corrected chi connectivity index (χ2v) is 18.1. The smallest absolute Gasteiger partial charge is 0.306 e. The highest BCUT2D eigenvalue weighted by Gasteiger charge is 2.19. The van der Waals surface area contributed by atoms with Crippen molar-refractivity contribution in [3.63, 3.8) is 0 Å². The van der Waals surface area contributed by atoms with Gasteiger partial charge in [0, 0.05) is 19.3 Å². The summed E-state index contributed by atoms with van der Waals surface area (Å²) in [6, 6.07) is 0. The number of esters is 3. The minimum atomic E-state index is -0.792. The van der Waals surface area contributed by atoms with Crippen LogP contribution in [0.5, 0.6) is 0 Å². The number of ether oxygens (including phenoxy) is 3. The Kier molecular flexibility index (Phi) is 50.9. The first-order valence-electron chi connectivity index (χ1n) is 27.4. The molecule has 0 aromatic heterocycles. The number of carbonyl (C=O) groups is 3. The molecule has 0 fully saturated rings. The van der Waals surface area contributed by atoms with Gasteiger partial charge in [0.2, 0.25) is 0 Å². The molecule has 0 amide bonds. The lowest BCUT2D eigenvalue weighted by molar-refractivity contribution is -0.167. The van der Waals surface area contributed by atoms with Crippen LogP contribution < -0.4 is 0 Å². The molecular formula is C59H102O6. The van der Waals surface area contributed by atoms with E-state index in [1.807, 2.05) is 0 Å². The van der Waals surface area contributed by atoms with Crippen LogP contribution in [0.3, 0.4) is 0 Å². The zero-order valence-electron chi connectivity index (χ0n) is 42.7. The molecule has 0 N–H and O–H groups in total. The summed E-state index contributed by atoms with van der Waals surface area (Å²) in [4.78, 5) is 38.1. The van der Waals surface area contributed by atoms with E-state index in [1.54, 1.807) is 0 Å². The monoisotopic (exact) mass is 907 g/mol. The first-order valence-corrected chi connectivity index (χ1v) is 27.4. The number of unbranched alkanes of at least 4 members (excludes halogenated alkanes) is 26. The Hall–Kier alpha value is -3.15. The fraction of sp³-hybridized carbons (Fsp3) is 0.746. The maximum absolute atomic E-state index is 12.8. The molecule has 0 spiro atoms. The van der Waals surface area contributed by atoms with Gasteiger partial charge in [0.1, 0.15) is 13.2 Å². The fourth-order valence-electron chi connectivity index (χ4n) is 7.46. The van der Waals surface area contributed by atoms with E-state index < -0.39 is 6.10 Å². The molecule has 65 heavy (non-hydrogen) atoms. The quantitative estimate of drug-likeness (QED) is 0.0262. The van der Waals surface area contributed by atoms with Crippen LogP contribution in [0, 0.1) is 0 Å². The lowest BCUT2D eigenvalue weighted by atomic mass is 10.1. The van der Waals surface area contributed by atoms with Gasteiger partial charge in [-0.25, -0.2) is 0 Å². The average molecular weight is 907 g/mol. The molecule has 0 aromatic carbocycles. The van der Waals surface area contributed by atoms with Gasteiger partial charge in [-0.15, -0.1) is 0 Å². The van der Waals surface area contributed by atoms with Gasteiger partial charge in [0.25, 0.3) is 0 Å². The van der Waals surface area contributed by atoms with Crippen molar-refractivity contribution in [2.75, 3.05) is 13.2 Å². The normalized spacial score (nSPS) is 12.6. The molecule has 1 unspecified atom stereocenters. The van der Waals surface area contributed by atoms with E-state index in [0.717, 1.165) is 122 Å². The predicted molar refractivity (Wildman–Crippen MR) is 279 cm³/mol. The van der Waals surface area contributed by atoms with Crippen molar-refractivity contribution >= 4 is 17.9 Å². The first kappa shape index (κ1) is 61.9. The third-order valence-electron chi connectivity index (χ3n) is 11.7. The van der Waals surface area contributed by atoms with Crippen molar-refractivity contribution in [1.82, 2.24) is 0 Å². The second kappa shape index (κ2) is 53.5. The van der Waals surface area contributed by atoms with E-state index in [4.69, 9.17) is 14.2 Å². The third kappa shape index (κ3) is 51.7. The predicted octanol–water partition coefficient (Wildman–Crippen LogP) is 18.2. The van der Waals surface area contributed by atoms with E-state index >= 15 is 0 Å². The fourth-order valence-corrected chi connectivity index (χ4v) is 7.46. The lowest BCUT2D eigenvalue weighted by Crippen LogP contribution is -2.30. The van der Waals surface area contributed by atoms with Gasteiger partial charge in [-0.2, -0.15) is 0 Å². The Morgan fingerprint density at radius 2 is 0.569 bits per heavy atom. The van der Waals surface area contributed by atoms with Gasteiger partial charge < -0.3 is 14.2 Å². The Morgan fingerprint density at radius 1 is 0.308 bits per heavy atom. The molecule has 0 radical (unpaired) electrons. The summed E-state index contributed by atoms with van der Waals surface area (Å²) < 4.78 is 16.8. The zero-order chi connectivity index (χ0) is 47.2. The molecule has 0 saturated heterocycles. The van der Waals surface area contributed by atoms with Gasteiger partial charge in [-0.05, 0) is 109 Å². The summed E-state index contributed by atoms with van der Waals surface area (Å²) in [6.45, 7) is 6.53. The molecule has 0 aliphatic carbocycles. The number of allylic oxidation sites excluding steroid dienone is 12. The molecule has 6 heteroatoms. The van der Waals surface area contributed by atoms with Crippen LogP contribution in [-0.4, -0.2) is 37.2 Å². The van der Waals surface area contributed by atoms with Crippen LogP contribution in [0.2, 0.25) is 0 Å².